The van der Waals surface area contributed by atoms with Crippen LogP contribution >= 0.6 is 11.3 Å². The van der Waals surface area contributed by atoms with Gasteiger partial charge in [-0.1, -0.05) is 0 Å². The van der Waals surface area contributed by atoms with E-state index in [4.69, 9.17) is 0 Å². The van der Waals surface area contributed by atoms with Gasteiger partial charge in [0, 0.05) is 25.0 Å². The molecule has 1 aliphatic heterocycles. The van der Waals surface area contributed by atoms with Crippen LogP contribution in [0.3, 0.4) is 0 Å². The molecule has 6 nitrogen and oxygen atoms in total. The highest BCUT2D eigenvalue weighted by molar-refractivity contribution is 7.13. The molecule has 0 spiro atoms. The minimum absolute atomic E-state index is 0.798. The Labute approximate surface area is 103 Å². The summed E-state index contributed by atoms with van der Waals surface area (Å²) in [5, 5.41) is 14.3. The normalized spacial score (nSPS) is 15.0. The topological polar surface area (TPSA) is 58.9 Å². The quantitative estimate of drug-likeness (QED) is 0.858. The van der Waals surface area contributed by atoms with E-state index >= 15 is 0 Å². The van der Waals surface area contributed by atoms with Gasteiger partial charge in [0.1, 0.15) is 6.33 Å². The fourth-order valence-electron chi connectivity index (χ4n) is 1.93. The summed E-state index contributed by atoms with van der Waals surface area (Å²) in [5.41, 5.74) is 1.10. The van der Waals surface area contributed by atoms with Crippen molar-refractivity contribution in [1.82, 2.24) is 25.1 Å². The Morgan fingerprint density at radius 3 is 3.29 bits per heavy atom. The summed E-state index contributed by atoms with van der Waals surface area (Å²) in [4.78, 5) is 6.86. The minimum Gasteiger partial charge on any atom is -0.339 e. The van der Waals surface area contributed by atoms with E-state index in [9.17, 15) is 0 Å². The molecule has 17 heavy (non-hydrogen) atoms. The molecule has 0 radical (unpaired) electrons. The predicted molar refractivity (Wildman–Crippen MR) is 65.9 cm³/mol. The van der Waals surface area contributed by atoms with Crippen LogP contribution in [0.2, 0.25) is 0 Å². The van der Waals surface area contributed by atoms with Crippen LogP contribution in [0.25, 0.3) is 0 Å². The first-order chi connectivity index (χ1) is 8.36. The van der Waals surface area contributed by atoms with Crippen molar-refractivity contribution in [1.29, 1.82) is 0 Å². The summed E-state index contributed by atoms with van der Waals surface area (Å²) in [6, 6.07) is 0. The van der Waals surface area contributed by atoms with Crippen molar-refractivity contribution in [2.24, 2.45) is 0 Å². The fraction of sp³-hybridized carbons (Fsp3) is 0.500. The summed E-state index contributed by atoms with van der Waals surface area (Å²) < 4.78 is 2.10. The molecule has 7 heteroatoms. The van der Waals surface area contributed by atoms with Gasteiger partial charge in [-0.05, 0) is 7.05 Å². The molecule has 0 amide bonds. The maximum Gasteiger partial charge on any atom is 0.186 e. The van der Waals surface area contributed by atoms with Gasteiger partial charge in [-0.3, -0.25) is 0 Å². The molecule has 1 N–H and O–H groups in total. The van der Waals surface area contributed by atoms with Crippen molar-refractivity contribution < 1.29 is 0 Å². The van der Waals surface area contributed by atoms with Gasteiger partial charge in [0.25, 0.3) is 0 Å². The van der Waals surface area contributed by atoms with E-state index < -0.39 is 0 Å². The molecule has 0 saturated heterocycles. The number of nitrogens with zero attached hydrogens (tertiary/aromatic N) is 5. The first-order valence-corrected chi connectivity index (χ1v) is 6.45. The largest absolute Gasteiger partial charge is 0.339 e. The van der Waals surface area contributed by atoms with Crippen LogP contribution in [0.15, 0.2) is 11.7 Å². The smallest absolute Gasteiger partial charge is 0.186 e. The Balaban J connectivity index is 1.77. The third-order valence-corrected chi connectivity index (χ3v) is 3.76. The molecule has 0 saturated carbocycles. The van der Waals surface area contributed by atoms with Crippen molar-refractivity contribution in [2.45, 2.75) is 19.6 Å². The van der Waals surface area contributed by atoms with Crippen molar-refractivity contribution in [3.8, 4) is 0 Å². The lowest BCUT2D eigenvalue weighted by Crippen LogP contribution is -2.33. The van der Waals surface area contributed by atoms with Gasteiger partial charge < -0.3 is 14.8 Å². The third-order valence-electron chi connectivity index (χ3n) is 2.81. The van der Waals surface area contributed by atoms with E-state index in [0.29, 0.717) is 0 Å². The lowest BCUT2D eigenvalue weighted by atomic mass is 10.4. The van der Waals surface area contributed by atoms with Gasteiger partial charge in [-0.25, -0.2) is 4.98 Å². The molecular weight excluding hydrogens is 236 g/mol. The van der Waals surface area contributed by atoms with Crippen LogP contribution in [-0.2, 0) is 19.6 Å². The highest BCUT2D eigenvalue weighted by atomic mass is 32.1. The van der Waals surface area contributed by atoms with Crippen molar-refractivity contribution in [3.63, 3.8) is 0 Å². The number of hydrogen-bond acceptors (Lipinski definition) is 6. The standard InChI is InChI=1S/C10H14N6S/c1-11-4-8-6-17-10(13-8)15-2-3-16-7-12-14-9(16)5-15/h6-7,11H,2-5H2,1H3. The molecule has 0 aliphatic carbocycles. The van der Waals surface area contributed by atoms with Crippen molar-refractivity contribution >= 4 is 16.5 Å². The minimum atomic E-state index is 0.798. The SMILES string of the molecule is CNCc1csc(N2CCn3cnnc3C2)n1. The van der Waals surface area contributed by atoms with Gasteiger partial charge >= 0.3 is 0 Å². The number of aromatic nitrogens is 4. The monoisotopic (exact) mass is 250 g/mol. The predicted octanol–water partition coefficient (Wildman–Crippen LogP) is 0.474. The first-order valence-electron chi connectivity index (χ1n) is 5.57. The summed E-state index contributed by atoms with van der Waals surface area (Å²) in [5.74, 6) is 1.02. The molecule has 0 bridgehead atoms. The fourth-order valence-corrected chi connectivity index (χ4v) is 2.79. The highest BCUT2D eigenvalue weighted by Gasteiger charge is 2.19. The Morgan fingerprint density at radius 2 is 2.41 bits per heavy atom. The first kappa shape index (κ1) is 10.7. The Kier molecular flexibility index (Phi) is 2.77. The molecule has 3 rings (SSSR count). The second kappa shape index (κ2) is 4.42. The average molecular weight is 250 g/mol. The molecule has 2 aromatic rings. The molecule has 2 aromatic heterocycles. The van der Waals surface area contributed by atoms with E-state index in [1.807, 2.05) is 7.05 Å². The van der Waals surface area contributed by atoms with E-state index in [1.54, 1.807) is 17.7 Å². The Hall–Kier alpha value is -1.47. The van der Waals surface area contributed by atoms with Gasteiger partial charge in [0.05, 0.1) is 12.2 Å². The average Bonchev–Trinajstić information content (AvgIpc) is 2.96. The van der Waals surface area contributed by atoms with Gasteiger partial charge in [-0.2, -0.15) is 0 Å². The summed E-state index contributed by atoms with van der Waals surface area (Å²) in [7, 11) is 1.93. The maximum absolute atomic E-state index is 4.61. The van der Waals surface area contributed by atoms with Crippen LogP contribution in [0, 0.1) is 0 Å². The van der Waals surface area contributed by atoms with E-state index in [-0.39, 0.29) is 0 Å². The maximum atomic E-state index is 4.61. The van der Waals surface area contributed by atoms with Crippen LogP contribution in [0.5, 0.6) is 0 Å². The van der Waals surface area contributed by atoms with Gasteiger partial charge in [0.2, 0.25) is 0 Å². The Bertz CT molecular complexity index is 504. The number of hydrogen-bond donors (Lipinski definition) is 1. The zero-order chi connectivity index (χ0) is 11.7. The van der Waals surface area contributed by atoms with Gasteiger partial charge in [-0.15, -0.1) is 21.5 Å². The second-order valence-electron chi connectivity index (χ2n) is 4.01. The van der Waals surface area contributed by atoms with E-state index in [1.165, 1.54) is 0 Å². The summed E-state index contributed by atoms with van der Waals surface area (Å²) in [6.07, 6.45) is 1.79. The molecule has 3 heterocycles. The summed E-state index contributed by atoms with van der Waals surface area (Å²) >= 11 is 1.69. The van der Waals surface area contributed by atoms with Crippen LogP contribution in [-0.4, -0.2) is 33.3 Å². The number of fused-ring (bicyclic) bond motifs is 1. The highest BCUT2D eigenvalue weighted by Crippen LogP contribution is 2.23. The van der Waals surface area contributed by atoms with E-state index in [0.717, 1.165) is 42.8 Å². The molecular formula is C10H14N6S. The van der Waals surface area contributed by atoms with Crippen LogP contribution in [0.1, 0.15) is 11.5 Å². The third kappa shape index (κ3) is 2.03. The van der Waals surface area contributed by atoms with Crippen LogP contribution < -0.4 is 10.2 Å². The molecule has 0 fully saturated rings. The molecule has 90 valence electrons. The second-order valence-corrected chi connectivity index (χ2v) is 4.85. The number of anilines is 1. The lowest BCUT2D eigenvalue weighted by molar-refractivity contribution is 0.558. The van der Waals surface area contributed by atoms with Crippen LogP contribution in [0.4, 0.5) is 5.13 Å². The number of nitrogens with one attached hydrogen (secondary N) is 1. The zero-order valence-corrected chi connectivity index (χ0v) is 10.4. The number of thiazole rings is 1. The Morgan fingerprint density at radius 1 is 1.47 bits per heavy atom. The molecule has 0 aromatic carbocycles. The van der Waals surface area contributed by atoms with Gasteiger partial charge in [0.15, 0.2) is 11.0 Å². The number of rotatable bonds is 3. The lowest BCUT2D eigenvalue weighted by Gasteiger charge is -2.26. The molecule has 0 unspecified atom stereocenters. The van der Waals surface area contributed by atoms with Crippen molar-refractivity contribution in [2.75, 3.05) is 18.5 Å². The van der Waals surface area contributed by atoms with E-state index in [2.05, 4.69) is 35.3 Å². The molecule has 1 aliphatic rings. The summed E-state index contributed by atoms with van der Waals surface area (Å²) in [6.45, 7) is 3.52. The molecule has 0 atom stereocenters. The van der Waals surface area contributed by atoms with Crippen molar-refractivity contribution in [3.05, 3.63) is 23.2 Å². The zero-order valence-electron chi connectivity index (χ0n) is 9.63.